The number of aryl methyl sites for hydroxylation is 2. The first-order valence-corrected chi connectivity index (χ1v) is 6.25. The normalized spacial score (nSPS) is 17.5. The summed E-state index contributed by atoms with van der Waals surface area (Å²) in [6, 6.07) is 1.91. The summed E-state index contributed by atoms with van der Waals surface area (Å²) in [6.45, 7) is 5.23. The van der Waals surface area contributed by atoms with Crippen LogP contribution in [0.1, 0.15) is 17.8 Å². The Morgan fingerprint density at radius 3 is 2.47 bits per heavy atom. The molecule has 0 unspecified atom stereocenters. The molecule has 2 heterocycles. The van der Waals surface area contributed by atoms with Gasteiger partial charge in [0.05, 0.1) is 11.2 Å². The summed E-state index contributed by atoms with van der Waals surface area (Å²) < 4.78 is -0.286. The van der Waals surface area contributed by atoms with E-state index in [0.717, 1.165) is 11.4 Å². The Morgan fingerprint density at radius 2 is 2.06 bits per heavy atom. The van der Waals surface area contributed by atoms with Crippen molar-refractivity contribution in [1.29, 1.82) is 0 Å². The predicted octanol–water partition coefficient (Wildman–Crippen LogP) is 1.00. The molecule has 0 aliphatic carbocycles. The second-order valence-electron chi connectivity index (χ2n) is 4.39. The number of thioether (sulfide) groups is 1. The summed E-state index contributed by atoms with van der Waals surface area (Å²) in [5.41, 5.74) is 1.83. The molecule has 2 rings (SSSR count). The lowest BCUT2D eigenvalue weighted by Crippen LogP contribution is -2.58. The highest BCUT2D eigenvalue weighted by molar-refractivity contribution is 8.00. The fourth-order valence-corrected chi connectivity index (χ4v) is 3.16. The average molecular weight is 253 g/mol. The molecule has 0 radical (unpaired) electrons. The van der Waals surface area contributed by atoms with E-state index in [1.807, 2.05) is 19.9 Å². The van der Waals surface area contributed by atoms with Crippen LogP contribution in [0.5, 0.6) is 0 Å². The van der Waals surface area contributed by atoms with Gasteiger partial charge in [0.2, 0.25) is 0 Å². The van der Waals surface area contributed by atoms with Crippen LogP contribution in [0, 0.1) is 13.8 Å². The Hall–Kier alpha value is -1.14. The zero-order valence-electron chi connectivity index (χ0n) is 9.86. The molecule has 5 nitrogen and oxygen atoms in total. The third kappa shape index (κ3) is 2.95. The topological polar surface area (TPSA) is 75.1 Å². The number of nitrogens with one attached hydrogen (secondary N) is 1. The molecule has 0 amide bonds. The van der Waals surface area contributed by atoms with E-state index in [4.69, 9.17) is 5.11 Å². The minimum atomic E-state index is -0.775. The average Bonchev–Trinajstić information content (AvgIpc) is 2.11. The van der Waals surface area contributed by atoms with Crippen molar-refractivity contribution in [2.45, 2.75) is 30.2 Å². The van der Waals surface area contributed by atoms with Gasteiger partial charge in [-0.25, -0.2) is 9.97 Å². The molecule has 1 saturated heterocycles. The molecule has 0 saturated carbocycles. The van der Waals surface area contributed by atoms with Gasteiger partial charge in [-0.2, -0.15) is 0 Å². The lowest BCUT2D eigenvalue weighted by atomic mass is 9.98. The summed E-state index contributed by atoms with van der Waals surface area (Å²) in [7, 11) is 0. The number of aromatic nitrogens is 2. The monoisotopic (exact) mass is 253 g/mol. The van der Waals surface area contributed by atoms with E-state index in [9.17, 15) is 4.79 Å². The highest BCUT2D eigenvalue weighted by Gasteiger charge is 2.41. The second kappa shape index (κ2) is 4.62. The van der Waals surface area contributed by atoms with Crippen molar-refractivity contribution in [2.75, 3.05) is 13.1 Å². The van der Waals surface area contributed by atoms with Gasteiger partial charge in [0.1, 0.15) is 0 Å². The van der Waals surface area contributed by atoms with E-state index in [-0.39, 0.29) is 11.2 Å². The number of carboxylic acids is 1. The summed E-state index contributed by atoms with van der Waals surface area (Å²) in [6.07, 6.45) is 0.140. The largest absolute Gasteiger partial charge is 0.481 e. The molecule has 0 atom stereocenters. The molecule has 2 N–H and O–H groups in total. The van der Waals surface area contributed by atoms with E-state index >= 15 is 0 Å². The summed E-state index contributed by atoms with van der Waals surface area (Å²) >= 11 is 1.47. The fraction of sp³-hybridized carbons (Fsp3) is 0.545. The number of nitrogens with zero attached hydrogens (tertiary/aromatic N) is 2. The van der Waals surface area contributed by atoms with E-state index in [0.29, 0.717) is 18.2 Å². The predicted molar refractivity (Wildman–Crippen MR) is 65.2 cm³/mol. The van der Waals surface area contributed by atoms with Gasteiger partial charge in [0, 0.05) is 24.5 Å². The number of hydrogen-bond acceptors (Lipinski definition) is 5. The third-order valence-electron chi connectivity index (χ3n) is 2.64. The van der Waals surface area contributed by atoms with Gasteiger partial charge in [-0.15, -0.1) is 0 Å². The molecular formula is C11H15N3O2S. The maximum absolute atomic E-state index is 10.8. The molecule has 1 aliphatic heterocycles. The van der Waals surface area contributed by atoms with E-state index in [1.165, 1.54) is 11.8 Å². The van der Waals surface area contributed by atoms with Gasteiger partial charge in [-0.3, -0.25) is 4.79 Å². The quantitative estimate of drug-likeness (QED) is 0.780. The minimum absolute atomic E-state index is 0.140. The second-order valence-corrected chi connectivity index (χ2v) is 5.83. The maximum atomic E-state index is 10.8. The molecule has 1 aromatic rings. The first-order valence-electron chi connectivity index (χ1n) is 5.43. The molecule has 17 heavy (non-hydrogen) atoms. The van der Waals surface area contributed by atoms with Crippen molar-refractivity contribution in [3.05, 3.63) is 17.5 Å². The van der Waals surface area contributed by atoms with Gasteiger partial charge < -0.3 is 10.4 Å². The number of carbonyl (C=O) groups is 1. The Labute approximate surface area is 104 Å². The maximum Gasteiger partial charge on any atom is 0.304 e. The molecule has 0 bridgehead atoms. The Morgan fingerprint density at radius 1 is 1.47 bits per heavy atom. The minimum Gasteiger partial charge on any atom is -0.481 e. The molecule has 1 fully saturated rings. The molecular weight excluding hydrogens is 238 g/mol. The molecule has 1 aliphatic rings. The Balaban J connectivity index is 2.15. The van der Waals surface area contributed by atoms with Crippen LogP contribution in [0.25, 0.3) is 0 Å². The van der Waals surface area contributed by atoms with Crippen molar-refractivity contribution in [1.82, 2.24) is 15.3 Å². The first kappa shape index (κ1) is 12.3. The zero-order valence-corrected chi connectivity index (χ0v) is 10.7. The SMILES string of the molecule is Cc1cc(C)nc(SC2(CC(=O)O)CNC2)n1. The summed E-state index contributed by atoms with van der Waals surface area (Å²) in [4.78, 5) is 19.5. The van der Waals surface area contributed by atoms with Crippen LogP contribution in [0.4, 0.5) is 0 Å². The molecule has 0 aromatic carbocycles. The van der Waals surface area contributed by atoms with Gasteiger partial charge in [0.15, 0.2) is 5.16 Å². The third-order valence-corrected chi connectivity index (χ3v) is 3.87. The van der Waals surface area contributed by atoms with Crippen LogP contribution in [-0.2, 0) is 4.79 Å². The van der Waals surface area contributed by atoms with Crippen molar-refractivity contribution in [3.8, 4) is 0 Å². The lowest BCUT2D eigenvalue weighted by Gasteiger charge is -2.40. The van der Waals surface area contributed by atoms with Crippen molar-refractivity contribution in [2.24, 2.45) is 0 Å². The Kier molecular flexibility index (Phi) is 3.35. The van der Waals surface area contributed by atoms with Crippen molar-refractivity contribution in [3.63, 3.8) is 0 Å². The summed E-state index contributed by atoms with van der Waals surface area (Å²) in [5, 5.41) is 12.7. The van der Waals surface area contributed by atoms with Crippen LogP contribution < -0.4 is 5.32 Å². The highest BCUT2D eigenvalue weighted by atomic mass is 32.2. The van der Waals surface area contributed by atoms with E-state index < -0.39 is 5.97 Å². The first-order chi connectivity index (χ1) is 7.99. The Bertz CT molecular complexity index is 426. The van der Waals surface area contributed by atoms with Crippen molar-refractivity contribution < 1.29 is 9.90 Å². The van der Waals surface area contributed by atoms with Gasteiger partial charge >= 0.3 is 5.97 Å². The van der Waals surface area contributed by atoms with E-state index in [1.54, 1.807) is 0 Å². The molecule has 6 heteroatoms. The zero-order chi connectivity index (χ0) is 12.5. The molecule has 0 spiro atoms. The van der Waals surface area contributed by atoms with Crippen LogP contribution in [0.15, 0.2) is 11.2 Å². The molecule has 1 aromatic heterocycles. The van der Waals surface area contributed by atoms with Gasteiger partial charge in [-0.05, 0) is 19.9 Å². The van der Waals surface area contributed by atoms with Crippen LogP contribution in [-0.4, -0.2) is 38.9 Å². The van der Waals surface area contributed by atoms with Crippen LogP contribution >= 0.6 is 11.8 Å². The standard InChI is InChI=1S/C11H15N3O2S/c1-7-3-8(2)14-10(13-7)17-11(4-9(15)16)5-12-6-11/h3,12H,4-6H2,1-2H3,(H,15,16). The van der Waals surface area contributed by atoms with Crippen molar-refractivity contribution >= 4 is 17.7 Å². The lowest BCUT2D eigenvalue weighted by molar-refractivity contribution is -0.138. The highest BCUT2D eigenvalue weighted by Crippen LogP contribution is 2.37. The van der Waals surface area contributed by atoms with Crippen LogP contribution in [0.3, 0.4) is 0 Å². The van der Waals surface area contributed by atoms with E-state index in [2.05, 4.69) is 15.3 Å². The number of hydrogen-bond donors (Lipinski definition) is 2. The number of carboxylic acid groups (broad SMARTS) is 1. The molecule has 92 valence electrons. The van der Waals surface area contributed by atoms with Crippen LogP contribution in [0.2, 0.25) is 0 Å². The fourth-order valence-electron chi connectivity index (χ4n) is 1.85. The van der Waals surface area contributed by atoms with Gasteiger partial charge in [0.25, 0.3) is 0 Å². The summed E-state index contributed by atoms with van der Waals surface area (Å²) in [5.74, 6) is -0.775. The number of aliphatic carboxylic acids is 1. The number of rotatable bonds is 4. The smallest absolute Gasteiger partial charge is 0.304 e. The van der Waals surface area contributed by atoms with Gasteiger partial charge in [-0.1, -0.05) is 11.8 Å².